The maximum absolute atomic E-state index is 12.5. The van der Waals surface area contributed by atoms with E-state index in [1.807, 2.05) is 18.2 Å². The largest absolute Gasteiger partial charge is 0.493 e. The summed E-state index contributed by atoms with van der Waals surface area (Å²) < 4.78 is 21.7. The Kier molecular flexibility index (Phi) is 7.54. The van der Waals surface area contributed by atoms with E-state index in [4.69, 9.17) is 30.5 Å². The standard InChI is InChI=1S/C22H24ClNO6/c1-15(21(25)24-9-11-28-12-10-24)30-22(26)16-7-8-19(20(13-16)27-2)29-14-17-5-3-4-6-18(17)23/h3-8,13,15H,9-12,14H2,1-2H3/t15-/m0/s1. The van der Waals surface area contributed by atoms with Gasteiger partial charge in [-0.3, -0.25) is 4.79 Å². The van der Waals surface area contributed by atoms with Crippen LogP contribution in [0.1, 0.15) is 22.8 Å². The highest BCUT2D eigenvalue weighted by molar-refractivity contribution is 6.31. The van der Waals surface area contributed by atoms with Crippen LogP contribution < -0.4 is 9.47 Å². The zero-order valence-corrected chi connectivity index (χ0v) is 17.7. The van der Waals surface area contributed by atoms with E-state index in [1.165, 1.54) is 13.2 Å². The van der Waals surface area contributed by atoms with E-state index in [-0.39, 0.29) is 18.1 Å². The van der Waals surface area contributed by atoms with Gasteiger partial charge in [0.15, 0.2) is 17.6 Å². The highest BCUT2D eigenvalue weighted by atomic mass is 35.5. The third kappa shape index (κ3) is 5.43. The Morgan fingerprint density at radius 1 is 1.13 bits per heavy atom. The molecule has 1 aliphatic rings. The quantitative estimate of drug-likeness (QED) is 0.623. The molecule has 2 aromatic carbocycles. The van der Waals surface area contributed by atoms with Crippen molar-refractivity contribution < 1.29 is 28.5 Å². The van der Waals surface area contributed by atoms with Crippen LogP contribution in [0, 0.1) is 0 Å². The number of ether oxygens (including phenoxy) is 4. The average molecular weight is 434 g/mol. The molecule has 160 valence electrons. The Hall–Kier alpha value is -2.77. The van der Waals surface area contributed by atoms with Crippen LogP contribution in [0.5, 0.6) is 11.5 Å². The molecule has 1 amide bonds. The highest BCUT2D eigenvalue weighted by Gasteiger charge is 2.26. The van der Waals surface area contributed by atoms with Crippen LogP contribution in [-0.4, -0.2) is 56.3 Å². The summed E-state index contributed by atoms with van der Waals surface area (Å²) in [7, 11) is 1.48. The first-order chi connectivity index (χ1) is 14.5. The Morgan fingerprint density at radius 2 is 1.87 bits per heavy atom. The smallest absolute Gasteiger partial charge is 0.339 e. The molecule has 0 N–H and O–H groups in total. The summed E-state index contributed by atoms with van der Waals surface area (Å²) >= 11 is 6.15. The van der Waals surface area contributed by atoms with E-state index in [0.29, 0.717) is 42.8 Å². The summed E-state index contributed by atoms with van der Waals surface area (Å²) in [6.07, 6.45) is -0.891. The molecule has 0 radical (unpaired) electrons. The van der Waals surface area contributed by atoms with Crippen LogP contribution in [0.4, 0.5) is 0 Å². The predicted octanol–water partition coefficient (Wildman–Crippen LogP) is 3.33. The molecule has 1 aliphatic heterocycles. The number of nitrogens with zero attached hydrogens (tertiary/aromatic N) is 1. The number of carbonyl (C=O) groups excluding carboxylic acids is 2. The molecule has 0 spiro atoms. The zero-order valence-electron chi connectivity index (χ0n) is 16.9. The van der Waals surface area contributed by atoms with Crippen LogP contribution in [0.2, 0.25) is 5.02 Å². The van der Waals surface area contributed by atoms with Gasteiger partial charge < -0.3 is 23.8 Å². The average Bonchev–Trinajstić information content (AvgIpc) is 2.78. The molecule has 0 bridgehead atoms. The van der Waals surface area contributed by atoms with Crippen molar-refractivity contribution in [1.82, 2.24) is 4.90 Å². The fourth-order valence-electron chi connectivity index (χ4n) is 3.00. The molecule has 2 aromatic rings. The van der Waals surface area contributed by atoms with E-state index >= 15 is 0 Å². The summed E-state index contributed by atoms with van der Waals surface area (Å²) in [5.74, 6) is -0.00607. The molecule has 0 saturated carbocycles. The third-order valence-electron chi connectivity index (χ3n) is 4.69. The fraction of sp³-hybridized carbons (Fsp3) is 0.364. The molecule has 30 heavy (non-hydrogen) atoms. The molecule has 8 heteroatoms. The highest BCUT2D eigenvalue weighted by Crippen LogP contribution is 2.30. The first kappa shape index (κ1) is 21.9. The first-order valence-corrected chi connectivity index (χ1v) is 9.99. The second kappa shape index (κ2) is 10.3. The third-order valence-corrected chi connectivity index (χ3v) is 5.06. The Bertz CT molecular complexity index is 897. The molecule has 1 atom stereocenters. The number of benzene rings is 2. The van der Waals surface area contributed by atoms with Crippen LogP contribution in [-0.2, 0) is 20.9 Å². The summed E-state index contributed by atoms with van der Waals surface area (Å²) in [5.41, 5.74) is 1.10. The van der Waals surface area contributed by atoms with Crippen molar-refractivity contribution in [3.63, 3.8) is 0 Å². The number of halogens is 1. The number of esters is 1. The van der Waals surface area contributed by atoms with Crippen molar-refractivity contribution in [1.29, 1.82) is 0 Å². The lowest BCUT2D eigenvalue weighted by atomic mass is 10.2. The van der Waals surface area contributed by atoms with Gasteiger partial charge in [-0.25, -0.2) is 4.79 Å². The molecule has 3 rings (SSSR count). The van der Waals surface area contributed by atoms with Gasteiger partial charge in [0.2, 0.25) is 0 Å². The van der Waals surface area contributed by atoms with Gasteiger partial charge in [0.1, 0.15) is 6.61 Å². The molecular formula is C22H24ClNO6. The molecule has 0 unspecified atom stereocenters. The van der Waals surface area contributed by atoms with Crippen molar-refractivity contribution in [2.24, 2.45) is 0 Å². The van der Waals surface area contributed by atoms with Crippen LogP contribution in [0.25, 0.3) is 0 Å². The van der Waals surface area contributed by atoms with Gasteiger partial charge in [-0.1, -0.05) is 29.8 Å². The van der Waals surface area contributed by atoms with Crippen molar-refractivity contribution >= 4 is 23.5 Å². The lowest BCUT2D eigenvalue weighted by Crippen LogP contribution is -2.46. The van der Waals surface area contributed by atoms with Gasteiger partial charge in [-0.2, -0.15) is 0 Å². The number of methoxy groups -OCH3 is 1. The SMILES string of the molecule is COc1cc(C(=O)O[C@@H](C)C(=O)N2CCOCC2)ccc1OCc1ccccc1Cl. The van der Waals surface area contributed by atoms with Crippen molar-refractivity contribution in [3.05, 3.63) is 58.6 Å². The van der Waals surface area contributed by atoms with Crippen LogP contribution >= 0.6 is 11.6 Å². The van der Waals surface area contributed by atoms with Crippen LogP contribution in [0.3, 0.4) is 0 Å². The second-order valence-electron chi connectivity index (χ2n) is 6.73. The number of hydrogen-bond donors (Lipinski definition) is 0. The van der Waals surface area contributed by atoms with E-state index in [1.54, 1.807) is 30.0 Å². The molecule has 1 heterocycles. The summed E-state index contributed by atoms with van der Waals surface area (Å²) in [6, 6.07) is 12.1. The van der Waals surface area contributed by atoms with Gasteiger partial charge in [-0.05, 0) is 31.2 Å². The van der Waals surface area contributed by atoms with Crippen molar-refractivity contribution in [2.75, 3.05) is 33.4 Å². The van der Waals surface area contributed by atoms with E-state index in [9.17, 15) is 9.59 Å². The lowest BCUT2D eigenvalue weighted by Gasteiger charge is -2.29. The maximum Gasteiger partial charge on any atom is 0.339 e. The summed E-state index contributed by atoms with van der Waals surface area (Å²) in [4.78, 5) is 26.6. The number of rotatable bonds is 7. The van der Waals surface area contributed by atoms with Crippen molar-refractivity contribution in [3.8, 4) is 11.5 Å². The minimum absolute atomic E-state index is 0.238. The molecule has 0 aliphatic carbocycles. The molecule has 1 fully saturated rings. The van der Waals surface area contributed by atoms with Gasteiger partial charge in [0.05, 0.1) is 25.9 Å². The summed E-state index contributed by atoms with van der Waals surface area (Å²) in [5, 5.41) is 0.607. The number of morpholine rings is 1. The first-order valence-electron chi connectivity index (χ1n) is 9.61. The van der Waals surface area contributed by atoms with Crippen LogP contribution in [0.15, 0.2) is 42.5 Å². The fourth-order valence-corrected chi connectivity index (χ4v) is 3.19. The minimum atomic E-state index is -0.891. The second-order valence-corrected chi connectivity index (χ2v) is 7.14. The predicted molar refractivity (Wildman–Crippen MR) is 111 cm³/mol. The molecule has 0 aromatic heterocycles. The normalized spacial score (nSPS) is 14.7. The monoisotopic (exact) mass is 433 g/mol. The van der Waals surface area contributed by atoms with E-state index in [2.05, 4.69) is 0 Å². The molecule has 1 saturated heterocycles. The minimum Gasteiger partial charge on any atom is -0.493 e. The Balaban J connectivity index is 1.63. The van der Waals surface area contributed by atoms with Gasteiger partial charge >= 0.3 is 5.97 Å². The van der Waals surface area contributed by atoms with Gasteiger partial charge in [-0.15, -0.1) is 0 Å². The molecular weight excluding hydrogens is 410 g/mol. The van der Waals surface area contributed by atoms with Crippen molar-refractivity contribution in [2.45, 2.75) is 19.6 Å². The van der Waals surface area contributed by atoms with Gasteiger partial charge in [0, 0.05) is 23.7 Å². The summed E-state index contributed by atoms with van der Waals surface area (Å²) in [6.45, 7) is 3.77. The molecule has 7 nitrogen and oxygen atoms in total. The van der Waals surface area contributed by atoms with E-state index in [0.717, 1.165) is 5.56 Å². The maximum atomic E-state index is 12.5. The number of hydrogen-bond acceptors (Lipinski definition) is 6. The Labute approximate surface area is 180 Å². The number of carbonyl (C=O) groups is 2. The van der Waals surface area contributed by atoms with E-state index < -0.39 is 12.1 Å². The van der Waals surface area contributed by atoms with Gasteiger partial charge in [0.25, 0.3) is 5.91 Å². The topological polar surface area (TPSA) is 74.3 Å². The lowest BCUT2D eigenvalue weighted by molar-refractivity contribution is -0.143. The Morgan fingerprint density at radius 3 is 2.57 bits per heavy atom. The number of amides is 1. The zero-order chi connectivity index (χ0) is 21.5.